The van der Waals surface area contributed by atoms with Crippen LogP contribution in [0.2, 0.25) is 0 Å². The largest absolute Gasteiger partial charge is 0.481 e. The second kappa shape index (κ2) is 10.4. The Kier molecular flexibility index (Phi) is 7.59. The number of carboxylic acid groups (broad SMARTS) is 2. The van der Waals surface area contributed by atoms with Gasteiger partial charge in [-0.1, -0.05) is 0 Å². The van der Waals surface area contributed by atoms with Crippen LogP contribution in [-0.4, -0.2) is 68.6 Å². The van der Waals surface area contributed by atoms with E-state index in [9.17, 15) is 37.3 Å². The number of nitrogens with zero attached hydrogens (tertiary/aromatic N) is 2. The zero-order chi connectivity index (χ0) is 26.6. The van der Waals surface area contributed by atoms with E-state index in [1.165, 1.54) is 12.1 Å². The molecule has 0 aliphatic rings. The molecule has 36 heavy (non-hydrogen) atoms. The van der Waals surface area contributed by atoms with E-state index in [1.807, 2.05) is 0 Å². The van der Waals surface area contributed by atoms with Crippen LogP contribution in [0.5, 0.6) is 0 Å². The lowest BCUT2D eigenvalue weighted by Gasteiger charge is -2.27. The third-order valence-corrected chi connectivity index (χ3v) is 6.05. The van der Waals surface area contributed by atoms with Crippen molar-refractivity contribution in [3.8, 4) is 0 Å². The summed E-state index contributed by atoms with van der Waals surface area (Å²) in [4.78, 5) is 56.0. The number of carboxylic acids is 2. The molecule has 0 bridgehead atoms. The first-order valence-electron chi connectivity index (χ1n) is 10.3. The molecular formula is C20H22N6O9S. The average molecular weight is 522 g/mol. The number of aromatic nitrogens is 3. The fourth-order valence-electron chi connectivity index (χ4n) is 3.47. The second-order valence-electron chi connectivity index (χ2n) is 7.62. The molecule has 0 saturated heterocycles. The van der Waals surface area contributed by atoms with Crippen LogP contribution in [0.15, 0.2) is 35.1 Å². The van der Waals surface area contributed by atoms with Gasteiger partial charge in [-0.05, 0) is 36.8 Å². The molecule has 0 aliphatic heterocycles. The van der Waals surface area contributed by atoms with E-state index >= 15 is 0 Å². The number of carbonyl (C=O) groups excluding carboxylic acids is 1. The molecule has 0 aliphatic carbocycles. The third-order valence-electron chi connectivity index (χ3n) is 5.08. The van der Waals surface area contributed by atoms with Crippen molar-refractivity contribution < 1.29 is 37.6 Å². The van der Waals surface area contributed by atoms with E-state index in [-0.39, 0.29) is 28.0 Å². The lowest BCUT2D eigenvalue weighted by molar-refractivity contribution is -0.139. The van der Waals surface area contributed by atoms with Gasteiger partial charge in [0.2, 0.25) is 5.95 Å². The first-order chi connectivity index (χ1) is 16.9. The maximum Gasteiger partial charge on any atom is 0.360 e. The van der Waals surface area contributed by atoms with Gasteiger partial charge in [-0.25, -0.2) is 9.10 Å². The first kappa shape index (κ1) is 26.2. The molecule has 0 spiro atoms. The van der Waals surface area contributed by atoms with Gasteiger partial charge < -0.3 is 26.2 Å². The number of nitrogen functional groups attached to an aromatic ring is 1. The lowest BCUT2D eigenvalue weighted by Crippen LogP contribution is -2.45. The van der Waals surface area contributed by atoms with Crippen LogP contribution in [0.4, 0.5) is 11.6 Å². The van der Waals surface area contributed by atoms with Crippen molar-refractivity contribution in [1.82, 2.24) is 20.3 Å². The van der Waals surface area contributed by atoms with Crippen LogP contribution in [0.25, 0.3) is 11.0 Å². The highest BCUT2D eigenvalue weighted by Crippen LogP contribution is 2.24. The summed E-state index contributed by atoms with van der Waals surface area (Å²) >= 11 is 0. The van der Waals surface area contributed by atoms with Gasteiger partial charge in [0, 0.05) is 30.6 Å². The summed E-state index contributed by atoms with van der Waals surface area (Å²) < 4.78 is 33.5. The normalized spacial score (nSPS) is 12.2. The Balaban J connectivity index is 1.70. The predicted molar refractivity (Wildman–Crippen MR) is 126 cm³/mol. The van der Waals surface area contributed by atoms with Gasteiger partial charge in [-0.15, -0.1) is 0 Å². The maximum absolute atomic E-state index is 12.5. The number of nitrogens with one attached hydrogen (secondary N) is 3. The number of hydrogen-bond donors (Lipinski definition) is 7. The standard InChI is InChI=1S/C20H22N6O9S/c21-20-24-16-13(18(30)25-20)9-11(23-16)7-8-22-17(29)10-1-3-12(4-2-10)26(36(33,34)35)14(19(31)32)5-6-15(27)28/h1-4,9,14H,5-8H2,(H,22,29)(H,27,28)(H,31,32)(H,33,34,35)(H4,21,23,24,25,30)/t14-/m0/s1. The number of carbonyl (C=O) groups is 3. The summed E-state index contributed by atoms with van der Waals surface area (Å²) in [6, 6.07) is 4.35. The van der Waals surface area contributed by atoms with E-state index in [0.717, 1.165) is 12.1 Å². The third kappa shape index (κ3) is 6.16. The molecule has 1 atom stereocenters. The Bertz CT molecular complexity index is 1460. The number of nitrogens with two attached hydrogens (primary N) is 1. The Morgan fingerprint density at radius 3 is 2.39 bits per heavy atom. The summed E-state index contributed by atoms with van der Waals surface area (Å²) in [6.45, 7) is 0.161. The van der Waals surface area contributed by atoms with Gasteiger partial charge in [0.1, 0.15) is 11.7 Å². The number of fused-ring (bicyclic) bond motifs is 1. The number of H-pyrrole nitrogens is 2. The number of anilines is 2. The Morgan fingerprint density at radius 2 is 1.81 bits per heavy atom. The number of rotatable bonds is 11. The summed E-state index contributed by atoms with van der Waals surface area (Å²) in [5.41, 5.74) is 5.85. The summed E-state index contributed by atoms with van der Waals surface area (Å²) in [5, 5.41) is 21.1. The Morgan fingerprint density at radius 1 is 1.14 bits per heavy atom. The van der Waals surface area contributed by atoms with Crippen molar-refractivity contribution in [2.24, 2.45) is 0 Å². The van der Waals surface area contributed by atoms with Crippen molar-refractivity contribution in [2.45, 2.75) is 25.3 Å². The molecule has 16 heteroatoms. The second-order valence-corrected chi connectivity index (χ2v) is 8.91. The van der Waals surface area contributed by atoms with Crippen LogP contribution in [0, 0.1) is 0 Å². The van der Waals surface area contributed by atoms with Crippen LogP contribution >= 0.6 is 0 Å². The molecule has 1 amide bonds. The zero-order valence-electron chi connectivity index (χ0n) is 18.5. The van der Waals surface area contributed by atoms with Gasteiger partial charge in [0.05, 0.1) is 11.1 Å². The molecule has 0 fully saturated rings. The van der Waals surface area contributed by atoms with Gasteiger partial charge in [0.15, 0.2) is 0 Å². The number of aliphatic carboxylic acids is 2. The smallest absolute Gasteiger partial charge is 0.360 e. The summed E-state index contributed by atoms with van der Waals surface area (Å²) in [7, 11) is -5.09. The molecular weight excluding hydrogens is 500 g/mol. The molecule has 3 rings (SSSR count). The van der Waals surface area contributed by atoms with Crippen LogP contribution < -0.4 is 20.9 Å². The van der Waals surface area contributed by atoms with Crippen molar-refractivity contribution in [1.29, 1.82) is 0 Å². The molecule has 8 N–H and O–H groups in total. The maximum atomic E-state index is 12.5. The fourth-order valence-corrected chi connectivity index (χ4v) is 4.38. The minimum Gasteiger partial charge on any atom is -0.481 e. The van der Waals surface area contributed by atoms with E-state index in [2.05, 4.69) is 20.3 Å². The fraction of sp³-hybridized carbons (Fsp3) is 0.250. The molecule has 15 nitrogen and oxygen atoms in total. The van der Waals surface area contributed by atoms with E-state index in [4.69, 9.17) is 10.8 Å². The van der Waals surface area contributed by atoms with E-state index in [0.29, 0.717) is 23.1 Å². The van der Waals surface area contributed by atoms with Crippen molar-refractivity contribution in [2.75, 3.05) is 16.6 Å². The van der Waals surface area contributed by atoms with Gasteiger partial charge in [-0.2, -0.15) is 13.4 Å². The average Bonchev–Trinajstić information content (AvgIpc) is 3.18. The Labute approximate surface area is 202 Å². The van der Waals surface area contributed by atoms with Crippen molar-refractivity contribution in [3.63, 3.8) is 0 Å². The van der Waals surface area contributed by atoms with Gasteiger partial charge in [0.25, 0.3) is 11.5 Å². The molecule has 1 aromatic carbocycles. The quantitative estimate of drug-likeness (QED) is 0.161. The molecule has 0 saturated carbocycles. The minimum atomic E-state index is -5.09. The zero-order valence-corrected chi connectivity index (χ0v) is 19.3. The van der Waals surface area contributed by atoms with Crippen LogP contribution in [0.3, 0.4) is 0 Å². The topological polar surface area (TPSA) is 249 Å². The minimum absolute atomic E-state index is 0.0400. The molecule has 0 radical (unpaired) electrons. The van der Waals surface area contributed by atoms with Crippen LogP contribution in [0.1, 0.15) is 28.9 Å². The molecule has 2 heterocycles. The van der Waals surface area contributed by atoms with E-state index in [1.54, 1.807) is 6.07 Å². The molecule has 3 aromatic rings. The number of amides is 1. The Hall–Kier alpha value is -4.44. The van der Waals surface area contributed by atoms with Gasteiger partial charge >= 0.3 is 22.2 Å². The van der Waals surface area contributed by atoms with E-state index < -0.39 is 52.6 Å². The SMILES string of the molecule is Nc1nc2[nH]c(CCNC(=O)c3ccc(N([C@@H](CCC(=O)O)C(=O)O)S(=O)(=O)O)cc3)cc2c(=O)[nH]1. The van der Waals surface area contributed by atoms with Gasteiger partial charge in [-0.3, -0.25) is 23.9 Å². The highest BCUT2D eigenvalue weighted by Gasteiger charge is 2.34. The lowest BCUT2D eigenvalue weighted by atomic mass is 10.1. The predicted octanol–water partition coefficient (Wildman–Crippen LogP) is -0.267. The monoisotopic (exact) mass is 522 g/mol. The molecule has 2 aromatic heterocycles. The first-order valence-corrected chi connectivity index (χ1v) is 11.7. The molecule has 192 valence electrons. The highest BCUT2D eigenvalue weighted by molar-refractivity contribution is 7.87. The number of aromatic amines is 2. The summed E-state index contributed by atoms with van der Waals surface area (Å²) in [5.74, 6) is -3.57. The number of hydrogen-bond acceptors (Lipinski definition) is 8. The van der Waals surface area contributed by atoms with Crippen molar-refractivity contribution >= 4 is 50.8 Å². The number of benzene rings is 1. The van der Waals surface area contributed by atoms with Crippen LogP contribution in [-0.2, 0) is 26.3 Å². The van der Waals surface area contributed by atoms with Crippen molar-refractivity contribution in [3.05, 3.63) is 51.9 Å². The highest BCUT2D eigenvalue weighted by atomic mass is 32.2. The molecule has 0 unspecified atom stereocenters. The summed E-state index contributed by atoms with van der Waals surface area (Å²) in [6.07, 6.45) is -0.938.